The summed E-state index contributed by atoms with van der Waals surface area (Å²) in [7, 11) is 0. The Labute approximate surface area is 63.0 Å². The van der Waals surface area contributed by atoms with Gasteiger partial charge in [0.05, 0.1) is 0 Å². The smallest absolute Gasteiger partial charge is 0.449 e. The van der Waals surface area contributed by atoms with Crippen molar-refractivity contribution in [1.29, 1.82) is 0 Å². The van der Waals surface area contributed by atoms with E-state index in [0.29, 0.717) is 0 Å². The molecule has 0 saturated heterocycles. The molecule has 0 heterocycles. The minimum Gasteiger partial charge on any atom is -0.449 e. The van der Waals surface area contributed by atoms with Gasteiger partial charge in [-0.1, -0.05) is 0 Å². The Kier molecular flexibility index (Phi) is 3.23. The van der Waals surface area contributed by atoms with E-state index in [9.17, 15) is 14.4 Å². The van der Waals surface area contributed by atoms with Gasteiger partial charge in [-0.3, -0.25) is 9.59 Å². The number of esters is 1. The Morgan fingerprint density at radius 3 is 2.09 bits per heavy atom. The van der Waals surface area contributed by atoms with Crippen LogP contribution in [0, 0.1) is 5.92 Å². The molecule has 1 atom stereocenters. The van der Waals surface area contributed by atoms with Gasteiger partial charge in [0.1, 0.15) is 11.7 Å². The van der Waals surface area contributed by atoms with Crippen molar-refractivity contribution in [3.05, 3.63) is 0 Å². The van der Waals surface area contributed by atoms with Gasteiger partial charge < -0.3 is 9.84 Å². The van der Waals surface area contributed by atoms with Gasteiger partial charge in [-0.25, -0.2) is 4.79 Å². The maximum atomic E-state index is 10.6. The van der Waals surface area contributed by atoms with Crippen molar-refractivity contribution in [2.75, 3.05) is 0 Å². The lowest BCUT2D eigenvalue weighted by Gasteiger charge is -2.02. The van der Waals surface area contributed by atoms with Gasteiger partial charge in [-0.05, 0) is 13.8 Å². The van der Waals surface area contributed by atoms with Gasteiger partial charge in [0, 0.05) is 0 Å². The van der Waals surface area contributed by atoms with Crippen LogP contribution >= 0.6 is 0 Å². The van der Waals surface area contributed by atoms with Crippen LogP contribution in [-0.2, 0) is 14.3 Å². The van der Waals surface area contributed by atoms with Gasteiger partial charge in [0.25, 0.3) is 0 Å². The van der Waals surface area contributed by atoms with E-state index in [1.165, 1.54) is 13.8 Å². The van der Waals surface area contributed by atoms with Crippen molar-refractivity contribution in [2.45, 2.75) is 13.8 Å². The van der Waals surface area contributed by atoms with E-state index >= 15 is 0 Å². The lowest BCUT2D eigenvalue weighted by atomic mass is 10.1. The second-order valence-corrected chi connectivity index (χ2v) is 2.02. The molecule has 0 saturated carbocycles. The number of Topliss-reactive ketones (excluding diaryl/α,β-unsaturated/α-hetero) is 1. The molecule has 0 aliphatic carbocycles. The lowest BCUT2D eigenvalue weighted by Crippen LogP contribution is -2.23. The van der Waals surface area contributed by atoms with E-state index in [1.54, 1.807) is 0 Å². The second-order valence-electron chi connectivity index (χ2n) is 2.02. The third-order valence-electron chi connectivity index (χ3n) is 1.15. The van der Waals surface area contributed by atoms with E-state index < -0.39 is 23.8 Å². The molecule has 0 aliphatic heterocycles. The minimum absolute atomic E-state index is 0.420. The number of carboxylic acid groups (broad SMARTS) is 1. The van der Waals surface area contributed by atoms with Crippen LogP contribution in [0.4, 0.5) is 4.79 Å². The summed E-state index contributed by atoms with van der Waals surface area (Å²) >= 11 is 0. The van der Waals surface area contributed by atoms with Crippen molar-refractivity contribution in [1.82, 2.24) is 0 Å². The normalized spacial score (nSPS) is 11.8. The largest absolute Gasteiger partial charge is 0.513 e. The monoisotopic (exact) mass is 160 g/mol. The molecule has 0 fully saturated rings. The number of rotatable bonds is 2. The highest BCUT2D eigenvalue weighted by Gasteiger charge is 2.21. The number of ether oxygens (including phenoxy) is 1. The highest BCUT2D eigenvalue weighted by atomic mass is 16.7. The van der Waals surface area contributed by atoms with Gasteiger partial charge in [-0.15, -0.1) is 0 Å². The van der Waals surface area contributed by atoms with E-state index in [-0.39, 0.29) is 0 Å². The molecule has 0 spiro atoms. The summed E-state index contributed by atoms with van der Waals surface area (Å²) in [6.45, 7) is 2.47. The third kappa shape index (κ3) is 3.34. The van der Waals surface area contributed by atoms with Gasteiger partial charge in [0.15, 0.2) is 0 Å². The zero-order chi connectivity index (χ0) is 9.02. The van der Waals surface area contributed by atoms with Gasteiger partial charge in [0.2, 0.25) is 0 Å². The zero-order valence-corrected chi connectivity index (χ0v) is 6.16. The molecule has 1 N–H and O–H groups in total. The Hall–Kier alpha value is -1.39. The first-order valence-corrected chi connectivity index (χ1v) is 2.90. The van der Waals surface area contributed by atoms with Crippen LogP contribution in [0.1, 0.15) is 13.8 Å². The summed E-state index contributed by atoms with van der Waals surface area (Å²) in [5.74, 6) is -2.47. The predicted molar refractivity (Wildman–Crippen MR) is 34.0 cm³/mol. The first-order chi connectivity index (χ1) is 4.95. The van der Waals surface area contributed by atoms with E-state index in [2.05, 4.69) is 4.74 Å². The lowest BCUT2D eigenvalue weighted by molar-refractivity contribution is -0.146. The molecule has 0 aromatic carbocycles. The van der Waals surface area contributed by atoms with Gasteiger partial charge >= 0.3 is 12.1 Å². The molecule has 0 rings (SSSR count). The molecule has 5 nitrogen and oxygen atoms in total. The highest BCUT2D eigenvalue weighted by molar-refractivity contribution is 5.99. The number of hydrogen-bond donors (Lipinski definition) is 1. The van der Waals surface area contributed by atoms with Crippen LogP contribution in [0.2, 0.25) is 0 Å². The molecule has 0 radical (unpaired) electrons. The summed E-state index contributed by atoms with van der Waals surface area (Å²) < 4.78 is 3.73. The Balaban J connectivity index is 4.04. The first-order valence-electron chi connectivity index (χ1n) is 2.90. The molecule has 0 aliphatic rings. The number of carbonyl (C=O) groups excluding carboxylic acids is 2. The van der Waals surface area contributed by atoms with Crippen molar-refractivity contribution in [3.8, 4) is 0 Å². The quantitative estimate of drug-likeness (QED) is 0.468. The topological polar surface area (TPSA) is 80.7 Å². The van der Waals surface area contributed by atoms with Crippen LogP contribution < -0.4 is 0 Å². The minimum atomic E-state index is -1.69. The molecule has 62 valence electrons. The van der Waals surface area contributed by atoms with Crippen molar-refractivity contribution < 1.29 is 24.2 Å². The first kappa shape index (κ1) is 9.61. The molecule has 0 aromatic rings. The van der Waals surface area contributed by atoms with Gasteiger partial charge in [-0.2, -0.15) is 0 Å². The second kappa shape index (κ2) is 3.70. The standard InChI is InChI=1S/C6H8O5/c1-3(4(2)7)5(8)11-6(9)10/h3H,1-2H3,(H,9,10). The Morgan fingerprint density at radius 1 is 1.36 bits per heavy atom. The van der Waals surface area contributed by atoms with Crippen LogP contribution in [0.3, 0.4) is 0 Å². The molecular formula is C6H8O5. The predicted octanol–water partition coefficient (Wildman–Crippen LogP) is 0.433. The molecule has 0 aromatic heterocycles. The molecule has 11 heavy (non-hydrogen) atoms. The fourth-order valence-corrected chi connectivity index (χ4v) is 0.340. The van der Waals surface area contributed by atoms with Crippen LogP contribution in [0.25, 0.3) is 0 Å². The molecule has 5 heteroatoms. The number of hydrogen-bond acceptors (Lipinski definition) is 4. The fourth-order valence-electron chi connectivity index (χ4n) is 0.340. The van der Waals surface area contributed by atoms with Crippen LogP contribution in [0.15, 0.2) is 0 Å². The van der Waals surface area contributed by atoms with E-state index in [1.807, 2.05) is 0 Å². The Morgan fingerprint density at radius 2 is 1.82 bits per heavy atom. The number of carbonyl (C=O) groups is 3. The van der Waals surface area contributed by atoms with Crippen molar-refractivity contribution in [3.63, 3.8) is 0 Å². The maximum Gasteiger partial charge on any atom is 0.513 e. The average Bonchev–Trinajstić information content (AvgIpc) is 1.84. The number of ketones is 1. The fraction of sp³-hybridized carbons (Fsp3) is 0.500. The SMILES string of the molecule is CC(=O)C(C)C(=O)OC(=O)O. The van der Waals surface area contributed by atoms with Crippen molar-refractivity contribution in [2.24, 2.45) is 5.92 Å². The van der Waals surface area contributed by atoms with Crippen LogP contribution in [0.5, 0.6) is 0 Å². The van der Waals surface area contributed by atoms with E-state index in [0.717, 1.165) is 0 Å². The maximum absolute atomic E-state index is 10.6. The summed E-state index contributed by atoms with van der Waals surface area (Å²) in [5.41, 5.74) is 0. The molecule has 1 unspecified atom stereocenters. The van der Waals surface area contributed by atoms with E-state index in [4.69, 9.17) is 5.11 Å². The van der Waals surface area contributed by atoms with Crippen LogP contribution in [-0.4, -0.2) is 23.0 Å². The molecule has 0 amide bonds. The summed E-state index contributed by atoms with van der Waals surface area (Å²) in [4.78, 5) is 30.8. The zero-order valence-electron chi connectivity index (χ0n) is 6.16. The Bertz CT molecular complexity index is 195. The highest BCUT2D eigenvalue weighted by Crippen LogP contribution is 1.99. The average molecular weight is 160 g/mol. The molecular weight excluding hydrogens is 152 g/mol. The molecule has 0 bridgehead atoms. The summed E-state index contributed by atoms with van der Waals surface area (Å²) in [6.07, 6.45) is -1.69. The summed E-state index contributed by atoms with van der Waals surface area (Å²) in [5, 5.41) is 7.96. The van der Waals surface area contributed by atoms with Crippen molar-refractivity contribution >= 4 is 17.9 Å². The third-order valence-corrected chi connectivity index (χ3v) is 1.15. The summed E-state index contributed by atoms with van der Waals surface area (Å²) in [6, 6.07) is 0.